The van der Waals surface area contributed by atoms with E-state index in [2.05, 4.69) is 36.3 Å². The van der Waals surface area contributed by atoms with Gasteiger partial charge in [0.15, 0.2) is 0 Å². The van der Waals surface area contributed by atoms with Crippen molar-refractivity contribution in [2.75, 3.05) is 11.9 Å². The largest absolute Gasteiger partial charge is 0.494 e. The van der Waals surface area contributed by atoms with Gasteiger partial charge < -0.3 is 4.74 Å². The number of carbonyl (C=O) groups excluding carboxylic acids is 1. The first kappa shape index (κ1) is 21.9. The van der Waals surface area contributed by atoms with E-state index in [1.165, 1.54) is 11.3 Å². The van der Waals surface area contributed by atoms with Crippen LogP contribution in [0.3, 0.4) is 0 Å². The van der Waals surface area contributed by atoms with Crippen LogP contribution in [0.2, 0.25) is 0 Å². The molecule has 0 fully saturated rings. The number of pyridine rings is 1. The summed E-state index contributed by atoms with van der Waals surface area (Å²) in [6, 6.07) is 17.2. The number of fused-ring (bicyclic) bond motifs is 1. The highest BCUT2D eigenvalue weighted by Gasteiger charge is 2.24. The van der Waals surface area contributed by atoms with Crippen LogP contribution in [0.1, 0.15) is 49.5 Å². The molecular weight excluding hydrogens is 420 g/mol. The summed E-state index contributed by atoms with van der Waals surface area (Å²) in [6.45, 7) is 8.89. The summed E-state index contributed by atoms with van der Waals surface area (Å²) in [5.41, 5.74) is 2.81. The van der Waals surface area contributed by atoms with Crippen LogP contribution in [0.25, 0.3) is 22.2 Å². The predicted octanol–water partition coefficient (Wildman–Crippen LogP) is 6.09. The van der Waals surface area contributed by atoms with Crippen LogP contribution in [0.4, 0.5) is 5.13 Å². The van der Waals surface area contributed by atoms with Gasteiger partial charge in [0.1, 0.15) is 10.8 Å². The van der Waals surface area contributed by atoms with Gasteiger partial charge in [0.05, 0.1) is 23.4 Å². The standard InChI is InChI=1S/C25H26N4O2S/c1-5-25(3,4)23-28-29-24(32-23)27-22(30)19-15-21(26-20-13-8-7-12-18(19)20)16-10-9-11-17(14-16)31-6-2/h7-15H,5-6H2,1-4H3,(H,27,29,30). The number of carbonyl (C=O) groups is 1. The molecule has 0 saturated heterocycles. The van der Waals surface area contributed by atoms with E-state index in [1.807, 2.05) is 61.5 Å². The van der Waals surface area contributed by atoms with Crippen molar-refractivity contribution in [1.29, 1.82) is 0 Å². The fraction of sp³-hybridized carbons (Fsp3) is 0.280. The number of ether oxygens (including phenoxy) is 1. The van der Waals surface area contributed by atoms with Crippen LogP contribution >= 0.6 is 11.3 Å². The molecule has 0 aliphatic rings. The number of amides is 1. The van der Waals surface area contributed by atoms with Crippen molar-refractivity contribution in [3.63, 3.8) is 0 Å². The quantitative estimate of drug-likeness (QED) is 0.372. The van der Waals surface area contributed by atoms with Gasteiger partial charge in [-0.05, 0) is 37.6 Å². The second-order valence-electron chi connectivity index (χ2n) is 8.14. The van der Waals surface area contributed by atoms with Gasteiger partial charge in [0.25, 0.3) is 5.91 Å². The Morgan fingerprint density at radius 3 is 2.66 bits per heavy atom. The van der Waals surface area contributed by atoms with E-state index < -0.39 is 0 Å². The molecule has 2 heterocycles. The van der Waals surface area contributed by atoms with Crippen LogP contribution in [-0.2, 0) is 5.41 Å². The van der Waals surface area contributed by atoms with Crippen LogP contribution in [-0.4, -0.2) is 27.7 Å². The Hall–Kier alpha value is -3.32. The van der Waals surface area contributed by atoms with Crippen molar-refractivity contribution in [3.8, 4) is 17.0 Å². The van der Waals surface area contributed by atoms with Crippen LogP contribution < -0.4 is 10.1 Å². The molecule has 32 heavy (non-hydrogen) atoms. The van der Waals surface area contributed by atoms with Gasteiger partial charge in [-0.2, -0.15) is 0 Å². The van der Waals surface area contributed by atoms with Crippen molar-refractivity contribution in [3.05, 3.63) is 65.2 Å². The lowest BCUT2D eigenvalue weighted by Gasteiger charge is -2.17. The highest BCUT2D eigenvalue weighted by atomic mass is 32.1. The third-order valence-corrected chi connectivity index (χ3v) is 6.71. The number of nitrogens with zero attached hydrogens (tertiary/aromatic N) is 3. The maximum atomic E-state index is 13.3. The number of hydrogen-bond acceptors (Lipinski definition) is 6. The molecule has 4 rings (SSSR count). The molecule has 0 bridgehead atoms. The number of nitrogens with one attached hydrogen (secondary N) is 1. The molecule has 7 heteroatoms. The maximum absolute atomic E-state index is 13.3. The number of rotatable bonds is 7. The van der Waals surface area contributed by atoms with Crippen molar-refractivity contribution in [1.82, 2.24) is 15.2 Å². The molecule has 1 amide bonds. The number of aromatic nitrogens is 3. The smallest absolute Gasteiger partial charge is 0.258 e. The molecule has 0 spiro atoms. The summed E-state index contributed by atoms with van der Waals surface area (Å²) in [4.78, 5) is 18.1. The van der Waals surface area contributed by atoms with E-state index in [9.17, 15) is 4.79 Å². The molecule has 164 valence electrons. The van der Waals surface area contributed by atoms with Gasteiger partial charge in [0.2, 0.25) is 5.13 Å². The van der Waals surface area contributed by atoms with E-state index in [1.54, 1.807) is 0 Å². The second kappa shape index (κ2) is 9.04. The summed E-state index contributed by atoms with van der Waals surface area (Å²) >= 11 is 1.41. The first-order chi connectivity index (χ1) is 15.4. The third kappa shape index (κ3) is 4.48. The molecule has 2 aromatic heterocycles. The van der Waals surface area contributed by atoms with Gasteiger partial charge in [-0.3, -0.25) is 10.1 Å². The Morgan fingerprint density at radius 2 is 1.88 bits per heavy atom. The number of para-hydroxylation sites is 1. The lowest BCUT2D eigenvalue weighted by atomic mass is 9.91. The van der Waals surface area contributed by atoms with Crippen molar-refractivity contribution >= 4 is 33.3 Å². The summed E-state index contributed by atoms with van der Waals surface area (Å²) in [5.74, 6) is 0.536. The zero-order valence-electron chi connectivity index (χ0n) is 18.7. The van der Waals surface area contributed by atoms with Gasteiger partial charge in [-0.25, -0.2) is 4.98 Å². The fourth-order valence-electron chi connectivity index (χ4n) is 3.29. The lowest BCUT2D eigenvalue weighted by Crippen LogP contribution is -2.14. The maximum Gasteiger partial charge on any atom is 0.258 e. The van der Waals surface area contributed by atoms with E-state index in [0.717, 1.165) is 33.6 Å². The number of benzene rings is 2. The molecule has 6 nitrogen and oxygen atoms in total. The average molecular weight is 447 g/mol. The number of anilines is 1. The average Bonchev–Trinajstić information content (AvgIpc) is 3.28. The van der Waals surface area contributed by atoms with Crippen LogP contribution in [0.5, 0.6) is 5.75 Å². The topological polar surface area (TPSA) is 77.0 Å². The molecule has 0 aliphatic heterocycles. The van der Waals surface area contributed by atoms with E-state index in [4.69, 9.17) is 9.72 Å². The van der Waals surface area contributed by atoms with Crippen molar-refractivity contribution in [2.24, 2.45) is 0 Å². The molecule has 4 aromatic rings. The van der Waals surface area contributed by atoms with Gasteiger partial charge in [0, 0.05) is 16.4 Å². The lowest BCUT2D eigenvalue weighted by molar-refractivity contribution is 0.102. The summed E-state index contributed by atoms with van der Waals surface area (Å²) in [7, 11) is 0. The first-order valence-electron chi connectivity index (χ1n) is 10.7. The Morgan fingerprint density at radius 1 is 1.06 bits per heavy atom. The monoisotopic (exact) mass is 446 g/mol. The Labute approximate surface area is 191 Å². The highest BCUT2D eigenvalue weighted by molar-refractivity contribution is 7.15. The zero-order valence-corrected chi connectivity index (χ0v) is 19.5. The predicted molar refractivity (Wildman–Crippen MR) is 130 cm³/mol. The van der Waals surface area contributed by atoms with E-state index >= 15 is 0 Å². The fourth-order valence-corrected chi connectivity index (χ4v) is 4.20. The van der Waals surface area contributed by atoms with Gasteiger partial charge >= 0.3 is 0 Å². The van der Waals surface area contributed by atoms with Crippen LogP contribution in [0.15, 0.2) is 54.6 Å². The minimum atomic E-state index is -0.234. The molecule has 0 unspecified atom stereocenters. The third-order valence-electron chi connectivity index (χ3n) is 5.51. The van der Waals surface area contributed by atoms with E-state index in [0.29, 0.717) is 23.0 Å². The van der Waals surface area contributed by atoms with Crippen molar-refractivity contribution < 1.29 is 9.53 Å². The minimum absolute atomic E-state index is 0.0806. The highest BCUT2D eigenvalue weighted by Crippen LogP contribution is 2.32. The Kier molecular flexibility index (Phi) is 6.19. The normalized spacial score (nSPS) is 11.5. The molecule has 0 saturated carbocycles. The summed E-state index contributed by atoms with van der Waals surface area (Å²) < 4.78 is 5.63. The van der Waals surface area contributed by atoms with Gasteiger partial charge in [-0.1, -0.05) is 62.4 Å². The van der Waals surface area contributed by atoms with Crippen molar-refractivity contribution in [2.45, 2.75) is 39.5 Å². The summed E-state index contributed by atoms with van der Waals surface area (Å²) in [6.07, 6.45) is 0.939. The Balaban J connectivity index is 1.72. The second-order valence-corrected chi connectivity index (χ2v) is 9.11. The molecule has 0 radical (unpaired) electrons. The molecular formula is C25H26N4O2S. The molecule has 0 atom stereocenters. The summed E-state index contributed by atoms with van der Waals surface area (Å²) in [5, 5.41) is 13.6. The first-order valence-corrected chi connectivity index (χ1v) is 11.5. The zero-order chi connectivity index (χ0) is 22.7. The van der Waals surface area contributed by atoms with E-state index in [-0.39, 0.29) is 11.3 Å². The van der Waals surface area contributed by atoms with Gasteiger partial charge in [-0.15, -0.1) is 10.2 Å². The molecule has 1 N–H and O–H groups in total. The Bertz CT molecular complexity index is 1270. The SMILES string of the molecule is CCOc1cccc(-c2cc(C(=O)Nc3nnc(C(C)(C)CC)s3)c3ccccc3n2)c1. The molecule has 0 aliphatic carbocycles. The molecule has 2 aromatic carbocycles. The number of hydrogen-bond donors (Lipinski definition) is 1. The van der Waals surface area contributed by atoms with Crippen LogP contribution in [0, 0.1) is 0 Å². The minimum Gasteiger partial charge on any atom is -0.494 e.